The van der Waals surface area contributed by atoms with E-state index in [1.54, 1.807) is 0 Å². The van der Waals surface area contributed by atoms with E-state index in [1.807, 2.05) is 47.4 Å². The van der Waals surface area contributed by atoms with Crippen LogP contribution >= 0.6 is 24.0 Å². The summed E-state index contributed by atoms with van der Waals surface area (Å²) in [5, 5.41) is 6.88. The topological polar surface area (TPSA) is 56.7 Å². The van der Waals surface area contributed by atoms with Crippen LogP contribution in [0.4, 0.5) is 5.69 Å². The Morgan fingerprint density at radius 1 is 0.939 bits per heavy atom. The number of carbonyl (C=O) groups excluding carboxylic acids is 1. The monoisotopic (exact) mass is 554 g/mol. The molecule has 1 heterocycles. The number of carbonyl (C=O) groups is 1. The molecule has 4 rings (SSSR count). The molecule has 0 aliphatic carbocycles. The van der Waals surface area contributed by atoms with Gasteiger partial charge in [-0.2, -0.15) is 0 Å². The first-order valence-corrected chi connectivity index (χ1v) is 11.2. The van der Waals surface area contributed by atoms with Crippen molar-refractivity contribution in [3.05, 3.63) is 101 Å². The first-order valence-electron chi connectivity index (χ1n) is 11.2. The number of hydrogen-bond donors (Lipinski definition) is 2. The van der Waals surface area contributed by atoms with Gasteiger partial charge < -0.3 is 15.5 Å². The van der Waals surface area contributed by atoms with E-state index in [0.29, 0.717) is 26.1 Å². The summed E-state index contributed by atoms with van der Waals surface area (Å²) in [5.74, 6) is 0.975. The molecule has 1 aliphatic heterocycles. The fraction of sp³-hybridized carbons (Fsp3) is 0.259. The van der Waals surface area contributed by atoms with Gasteiger partial charge in [0.25, 0.3) is 0 Å². The number of likely N-dealkylation sites (tertiary alicyclic amines) is 1. The van der Waals surface area contributed by atoms with Gasteiger partial charge in [0, 0.05) is 31.7 Å². The van der Waals surface area contributed by atoms with Crippen LogP contribution in [0, 0.1) is 6.92 Å². The van der Waals surface area contributed by atoms with Crippen LogP contribution < -0.4 is 10.6 Å². The molecule has 1 saturated heterocycles. The van der Waals surface area contributed by atoms with E-state index in [4.69, 9.17) is 4.99 Å². The summed E-state index contributed by atoms with van der Waals surface area (Å²) in [5.41, 5.74) is 5.74. The lowest BCUT2D eigenvalue weighted by Gasteiger charge is -2.19. The predicted molar refractivity (Wildman–Crippen MR) is 146 cm³/mol. The van der Waals surface area contributed by atoms with Gasteiger partial charge in [0.05, 0.1) is 6.54 Å². The number of nitrogens with one attached hydrogen (secondary N) is 2. The van der Waals surface area contributed by atoms with Gasteiger partial charge >= 0.3 is 0 Å². The lowest BCUT2D eigenvalue weighted by Crippen LogP contribution is -2.31. The van der Waals surface area contributed by atoms with Crippen LogP contribution in [0.1, 0.15) is 35.1 Å². The lowest BCUT2D eigenvalue weighted by molar-refractivity contribution is -0.128. The standard InChI is InChI=1S/C27H30N4O.HI/c1-21-13-15-22(16-14-21)18-28-27(30-25-10-3-2-4-11-25)29-19-23-8-5-6-9-24(23)20-31-17-7-12-26(31)32;/h2-6,8-11,13-16H,7,12,17-20H2,1H3,(H2,28,29,30);1H. The third kappa shape index (κ3) is 7.32. The van der Waals surface area contributed by atoms with Gasteiger partial charge in [-0.05, 0) is 42.2 Å². The fourth-order valence-electron chi connectivity index (χ4n) is 3.80. The summed E-state index contributed by atoms with van der Waals surface area (Å²) in [6.45, 7) is 4.82. The van der Waals surface area contributed by atoms with E-state index >= 15 is 0 Å². The molecule has 3 aromatic rings. The number of benzene rings is 3. The molecule has 0 bridgehead atoms. The highest BCUT2D eigenvalue weighted by Gasteiger charge is 2.20. The maximum atomic E-state index is 12.1. The Kier molecular flexibility index (Phi) is 9.30. The molecule has 0 saturated carbocycles. The number of aliphatic imine (C=N–C) groups is 1. The number of para-hydroxylation sites is 1. The number of anilines is 1. The Bertz CT molecular complexity index is 1070. The molecule has 0 unspecified atom stereocenters. The summed E-state index contributed by atoms with van der Waals surface area (Å²) < 4.78 is 0. The maximum Gasteiger partial charge on any atom is 0.222 e. The minimum atomic E-state index is 0. The van der Waals surface area contributed by atoms with Crippen LogP contribution in [0.3, 0.4) is 0 Å². The second kappa shape index (κ2) is 12.4. The molecular weight excluding hydrogens is 523 g/mol. The Labute approximate surface area is 213 Å². The number of nitrogens with zero attached hydrogens (tertiary/aromatic N) is 2. The molecule has 172 valence electrons. The minimum Gasteiger partial charge on any atom is -0.352 e. The average molecular weight is 554 g/mol. The Morgan fingerprint density at radius 3 is 2.33 bits per heavy atom. The Balaban J connectivity index is 0.00000306. The highest BCUT2D eigenvalue weighted by atomic mass is 127. The van der Waals surface area contributed by atoms with Crippen molar-refractivity contribution in [2.24, 2.45) is 4.99 Å². The molecule has 0 radical (unpaired) electrons. The highest BCUT2D eigenvalue weighted by Crippen LogP contribution is 2.17. The van der Waals surface area contributed by atoms with Crippen molar-refractivity contribution in [2.75, 3.05) is 11.9 Å². The van der Waals surface area contributed by atoms with Gasteiger partial charge in [0.2, 0.25) is 5.91 Å². The van der Waals surface area contributed by atoms with E-state index in [9.17, 15) is 4.79 Å². The normalized spacial score (nSPS) is 13.5. The molecule has 1 aliphatic rings. The van der Waals surface area contributed by atoms with Gasteiger partial charge in [0.1, 0.15) is 0 Å². The van der Waals surface area contributed by atoms with Crippen molar-refractivity contribution < 1.29 is 4.79 Å². The molecular formula is C27H31IN4O. The van der Waals surface area contributed by atoms with Gasteiger partial charge in [0.15, 0.2) is 5.96 Å². The molecule has 2 N–H and O–H groups in total. The van der Waals surface area contributed by atoms with E-state index in [1.165, 1.54) is 16.7 Å². The summed E-state index contributed by atoms with van der Waals surface area (Å²) in [7, 11) is 0. The molecule has 0 spiro atoms. The largest absolute Gasteiger partial charge is 0.352 e. The second-order valence-electron chi connectivity index (χ2n) is 8.18. The smallest absolute Gasteiger partial charge is 0.222 e. The predicted octanol–water partition coefficient (Wildman–Crippen LogP) is 5.49. The lowest BCUT2D eigenvalue weighted by atomic mass is 10.1. The van der Waals surface area contributed by atoms with E-state index < -0.39 is 0 Å². The van der Waals surface area contributed by atoms with Crippen molar-refractivity contribution in [2.45, 2.75) is 39.4 Å². The number of amides is 1. The second-order valence-corrected chi connectivity index (χ2v) is 8.18. The Hall–Kier alpha value is -2.87. The van der Waals surface area contributed by atoms with Gasteiger partial charge in [-0.25, -0.2) is 4.99 Å². The van der Waals surface area contributed by atoms with Crippen LogP contribution in [0.2, 0.25) is 0 Å². The fourth-order valence-corrected chi connectivity index (χ4v) is 3.80. The van der Waals surface area contributed by atoms with Gasteiger partial charge in [-0.1, -0.05) is 72.3 Å². The first-order chi connectivity index (χ1) is 15.7. The van der Waals surface area contributed by atoms with Crippen molar-refractivity contribution in [3.63, 3.8) is 0 Å². The minimum absolute atomic E-state index is 0. The highest BCUT2D eigenvalue weighted by molar-refractivity contribution is 14.0. The van der Waals surface area contributed by atoms with Crippen LogP contribution in [-0.4, -0.2) is 23.3 Å². The molecule has 5 nitrogen and oxygen atoms in total. The third-order valence-corrected chi connectivity index (χ3v) is 5.67. The van der Waals surface area contributed by atoms with E-state index in [0.717, 1.165) is 30.2 Å². The van der Waals surface area contributed by atoms with Crippen molar-refractivity contribution >= 4 is 41.5 Å². The van der Waals surface area contributed by atoms with Gasteiger partial charge in [-0.3, -0.25) is 4.79 Å². The van der Waals surface area contributed by atoms with Crippen LogP contribution in [0.25, 0.3) is 0 Å². The number of halogens is 1. The number of rotatable bonds is 7. The molecule has 3 aromatic carbocycles. The summed E-state index contributed by atoms with van der Waals surface area (Å²) >= 11 is 0. The number of guanidine groups is 1. The van der Waals surface area contributed by atoms with E-state index in [-0.39, 0.29) is 29.9 Å². The van der Waals surface area contributed by atoms with Crippen molar-refractivity contribution in [1.82, 2.24) is 10.2 Å². The van der Waals surface area contributed by atoms with Crippen LogP contribution in [0.5, 0.6) is 0 Å². The average Bonchev–Trinajstić information content (AvgIpc) is 3.22. The molecule has 1 amide bonds. The molecule has 1 fully saturated rings. The molecule has 0 atom stereocenters. The zero-order chi connectivity index (χ0) is 22.2. The summed E-state index contributed by atoms with van der Waals surface area (Å²) in [6.07, 6.45) is 1.62. The first kappa shape index (κ1) is 24.8. The van der Waals surface area contributed by atoms with Crippen LogP contribution in [0.15, 0.2) is 83.9 Å². The maximum absolute atomic E-state index is 12.1. The zero-order valence-electron chi connectivity index (χ0n) is 19.0. The number of hydrogen-bond acceptors (Lipinski definition) is 2. The van der Waals surface area contributed by atoms with E-state index in [2.05, 4.69) is 54.0 Å². The van der Waals surface area contributed by atoms with Crippen molar-refractivity contribution in [1.29, 1.82) is 0 Å². The van der Waals surface area contributed by atoms with Crippen LogP contribution in [-0.2, 0) is 24.4 Å². The zero-order valence-corrected chi connectivity index (χ0v) is 21.3. The van der Waals surface area contributed by atoms with Gasteiger partial charge in [-0.15, -0.1) is 24.0 Å². The Morgan fingerprint density at radius 2 is 1.64 bits per heavy atom. The quantitative estimate of drug-likeness (QED) is 0.231. The molecule has 6 heteroatoms. The molecule has 0 aromatic heterocycles. The molecule has 33 heavy (non-hydrogen) atoms. The third-order valence-electron chi connectivity index (χ3n) is 5.67. The summed E-state index contributed by atoms with van der Waals surface area (Å²) in [6, 6.07) is 26.8. The SMILES string of the molecule is Cc1ccc(CN=C(NCc2ccccc2CN2CCCC2=O)Nc2ccccc2)cc1.I. The van der Waals surface area contributed by atoms with Crippen molar-refractivity contribution in [3.8, 4) is 0 Å². The summed E-state index contributed by atoms with van der Waals surface area (Å²) in [4.78, 5) is 18.8. The number of aryl methyl sites for hydroxylation is 1.